The normalized spacial score (nSPS) is 21.8. The summed E-state index contributed by atoms with van der Waals surface area (Å²) in [6.45, 7) is 1.31. The molecule has 1 aliphatic heterocycles. The molecule has 0 unspecified atom stereocenters. The number of aromatic nitrogens is 3. The molecule has 0 atom stereocenters. The Morgan fingerprint density at radius 1 is 1.45 bits per heavy atom. The van der Waals surface area contributed by atoms with Gasteiger partial charge in [-0.2, -0.15) is 9.97 Å². The summed E-state index contributed by atoms with van der Waals surface area (Å²) in [6, 6.07) is 0. The number of ether oxygens (including phenoxy) is 1. The van der Waals surface area contributed by atoms with Crippen LogP contribution >= 0.6 is 11.8 Å². The van der Waals surface area contributed by atoms with E-state index in [1.807, 2.05) is 0 Å². The number of carbonyl (C=O) groups is 2. The third kappa shape index (κ3) is 4.28. The number of methoxy groups -OCH3 is 1. The molecular weight excluding hydrogens is 310 g/mol. The van der Waals surface area contributed by atoms with Crippen molar-refractivity contribution in [2.24, 2.45) is 5.92 Å². The van der Waals surface area contributed by atoms with Gasteiger partial charge in [-0.25, -0.2) is 0 Å². The average molecular weight is 329 g/mol. The van der Waals surface area contributed by atoms with Crippen LogP contribution in [-0.4, -0.2) is 57.9 Å². The van der Waals surface area contributed by atoms with Crippen LogP contribution in [0.4, 0.5) is 11.9 Å². The number of esters is 1. The fourth-order valence-electron chi connectivity index (χ4n) is 2.30. The van der Waals surface area contributed by atoms with Crippen molar-refractivity contribution >= 4 is 35.6 Å². The zero-order chi connectivity index (χ0) is 16.8. The molecule has 0 radical (unpaired) electrons. The summed E-state index contributed by atoms with van der Waals surface area (Å²) >= 11 is 0.973. The number of quaternary nitrogens is 1. The number of nitrogens with two attached hydrogens (primary N) is 1. The van der Waals surface area contributed by atoms with E-state index in [-0.39, 0.29) is 28.7 Å². The largest absolute Gasteiger partial charge is 0.481 e. The minimum atomic E-state index is -0.969. The fraction of sp³-hybridized carbons (Fsp3) is 0.583. The molecule has 1 aromatic rings. The van der Waals surface area contributed by atoms with Gasteiger partial charge in [0.2, 0.25) is 5.95 Å². The molecule has 0 amide bonds. The van der Waals surface area contributed by atoms with Crippen molar-refractivity contribution < 1.29 is 25.7 Å². The molecule has 10 heteroatoms. The predicted octanol–water partition coefficient (Wildman–Crippen LogP) is -1.27. The quantitative estimate of drug-likeness (QED) is 0.431. The van der Waals surface area contributed by atoms with Crippen molar-refractivity contribution in [2.45, 2.75) is 18.0 Å². The molecule has 22 heavy (non-hydrogen) atoms. The molecule has 0 spiro atoms. The van der Waals surface area contributed by atoms with Crippen LogP contribution in [0.25, 0.3) is 0 Å². The van der Waals surface area contributed by atoms with E-state index in [1.54, 1.807) is 0 Å². The highest BCUT2D eigenvalue weighted by molar-refractivity contribution is 7.99. The highest BCUT2D eigenvalue weighted by atomic mass is 32.2. The molecule has 1 saturated heterocycles. The molecule has 0 bridgehead atoms. The SMILES string of the molecule is [2H]Nc1nc(SCC(=O)O)nc([NH+]2CCC(C(=O)OC)CC2)n1. The number of nitrogen functional groups attached to an aromatic ring is 1. The van der Waals surface area contributed by atoms with E-state index in [0.717, 1.165) is 16.7 Å². The number of piperidine rings is 1. The van der Waals surface area contributed by atoms with Crippen LogP contribution in [0.3, 0.4) is 0 Å². The topological polar surface area (TPSA) is 133 Å². The van der Waals surface area contributed by atoms with Gasteiger partial charge in [0, 0.05) is 12.8 Å². The van der Waals surface area contributed by atoms with Crippen molar-refractivity contribution in [2.75, 3.05) is 31.7 Å². The number of carboxylic acids is 1. The lowest BCUT2D eigenvalue weighted by atomic mass is 9.97. The zero-order valence-electron chi connectivity index (χ0n) is 13.0. The average Bonchev–Trinajstić information content (AvgIpc) is 2.59. The summed E-state index contributed by atoms with van der Waals surface area (Å²) in [6.07, 6.45) is 1.32. The first-order valence-corrected chi connectivity index (χ1v) is 7.73. The third-order valence-electron chi connectivity index (χ3n) is 3.38. The van der Waals surface area contributed by atoms with E-state index in [2.05, 4.69) is 20.7 Å². The van der Waals surface area contributed by atoms with E-state index in [9.17, 15) is 9.59 Å². The van der Waals surface area contributed by atoms with Gasteiger partial charge >= 0.3 is 17.9 Å². The molecular formula is C12H18N5O4S+. The second-order valence-electron chi connectivity index (χ2n) is 4.85. The Morgan fingerprint density at radius 3 is 2.77 bits per heavy atom. The Hall–Kier alpha value is -1.94. The van der Waals surface area contributed by atoms with E-state index in [1.165, 1.54) is 7.11 Å². The molecule has 120 valence electrons. The fourth-order valence-corrected chi connectivity index (χ4v) is 2.85. The van der Waals surface area contributed by atoms with Gasteiger partial charge in [-0.3, -0.25) is 14.5 Å². The molecule has 1 aliphatic rings. The molecule has 4 N–H and O–H groups in total. The maximum atomic E-state index is 11.5. The van der Waals surface area contributed by atoms with Crippen LogP contribution in [0.2, 0.25) is 1.41 Å². The zero-order valence-corrected chi connectivity index (χ0v) is 12.9. The lowest BCUT2D eigenvalue weighted by molar-refractivity contribution is -0.844. The summed E-state index contributed by atoms with van der Waals surface area (Å²) in [7, 11) is 1.38. The molecule has 2 heterocycles. The predicted molar refractivity (Wildman–Crippen MR) is 77.7 cm³/mol. The molecule has 1 fully saturated rings. The first-order chi connectivity index (χ1) is 11.0. The van der Waals surface area contributed by atoms with Crippen molar-refractivity contribution in [3.8, 4) is 0 Å². The number of carboxylic acid groups (broad SMARTS) is 1. The number of hydrogen-bond acceptors (Lipinski definition) is 8. The van der Waals surface area contributed by atoms with Gasteiger partial charge in [0.15, 0.2) is 6.57 Å². The summed E-state index contributed by atoms with van der Waals surface area (Å²) < 4.78 is 11.9. The lowest BCUT2D eigenvalue weighted by Crippen LogP contribution is -3.09. The molecule has 1 aromatic heterocycles. The van der Waals surface area contributed by atoms with Crippen LogP contribution in [0.15, 0.2) is 5.16 Å². The first kappa shape index (κ1) is 15.0. The Bertz CT molecular complexity index is 583. The number of hydrogen-bond donors (Lipinski definition) is 3. The minimum Gasteiger partial charge on any atom is -0.481 e. The number of nitrogens with one attached hydrogen (secondary N) is 1. The van der Waals surface area contributed by atoms with Gasteiger partial charge < -0.3 is 15.6 Å². The Labute approximate surface area is 132 Å². The van der Waals surface area contributed by atoms with Crippen LogP contribution < -0.4 is 10.6 Å². The molecule has 0 aliphatic carbocycles. The lowest BCUT2D eigenvalue weighted by Gasteiger charge is -2.25. The Kier molecular flexibility index (Phi) is 5.01. The van der Waals surface area contributed by atoms with Gasteiger partial charge in [0.05, 0.1) is 31.9 Å². The summed E-state index contributed by atoms with van der Waals surface area (Å²) in [4.78, 5) is 35.6. The summed E-state index contributed by atoms with van der Waals surface area (Å²) in [5.74, 6) is -0.924. The number of nitrogens with zero attached hydrogens (tertiary/aromatic N) is 3. The standard InChI is InChI=1S/C12H17N5O4S/c1-21-9(20)7-2-4-17(5-3-7)11-14-10(13)15-12(16-11)22-6-8(18)19/h7H,2-6H2,1H3,(H,18,19)(H2,13,14,15,16)/p+1/i/hD. The highest BCUT2D eigenvalue weighted by Crippen LogP contribution is 2.16. The number of carbonyl (C=O) groups excluding carboxylic acids is 1. The summed E-state index contributed by atoms with van der Waals surface area (Å²) in [5, 5.41) is 8.99. The van der Waals surface area contributed by atoms with Crippen LogP contribution in [0.5, 0.6) is 0 Å². The highest BCUT2D eigenvalue weighted by Gasteiger charge is 2.30. The second-order valence-corrected chi connectivity index (χ2v) is 5.79. The van der Waals surface area contributed by atoms with Crippen molar-refractivity contribution in [3.63, 3.8) is 0 Å². The first-order valence-electron chi connectivity index (χ1n) is 7.24. The van der Waals surface area contributed by atoms with E-state index in [0.29, 0.717) is 31.9 Å². The number of rotatable bonds is 6. The van der Waals surface area contributed by atoms with E-state index in [4.69, 9.17) is 11.3 Å². The van der Waals surface area contributed by atoms with Gasteiger partial charge in [-0.05, 0) is 0 Å². The van der Waals surface area contributed by atoms with Crippen molar-refractivity contribution in [3.05, 3.63) is 0 Å². The summed E-state index contributed by atoms with van der Waals surface area (Å²) in [5.41, 5.74) is 2.11. The van der Waals surface area contributed by atoms with Crippen LogP contribution in [0.1, 0.15) is 12.8 Å². The maximum Gasteiger partial charge on any atom is 0.333 e. The van der Waals surface area contributed by atoms with Gasteiger partial charge in [0.1, 0.15) is 0 Å². The van der Waals surface area contributed by atoms with Crippen LogP contribution in [0, 0.1) is 5.92 Å². The number of thioether (sulfide) groups is 1. The van der Waals surface area contributed by atoms with Crippen LogP contribution in [-0.2, 0) is 14.3 Å². The Morgan fingerprint density at radius 2 is 2.18 bits per heavy atom. The Balaban J connectivity index is 2.08. The van der Waals surface area contributed by atoms with Crippen molar-refractivity contribution in [1.82, 2.24) is 15.0 Å². The van der Waals surface area contributed by atoms with Crippen molar-refractivity contribution in [1.29, 1.82) is 0 Å². The molecule has 9 nitrogen and oxygen atoms in total. The van der Waals surface area contributed by atoms with Gasteiger partial charge in [0.25, 0.3) is 0 Å². The molecule has 2 rings (SSSR count). The monoisotopic (exact) mass is 329 g/mol. The van der Waals surface area contributed by atoms with Gasteiger partial charge in [-0.1, -0.05) is 11.8 Å². The van der Waals surface area contributed by atoms with E-state index >= 15 is 0 Å². The van der Waals surface area contributed by atoms with E-state index < -0.39 is 5.97 Å². The maximum absolute atomic E-state index is 11.5. The molecule has 0 saturated carbocycles. The second kappa shape index (κ2) is 7.36. The smallest absolute Gasteiger partial charge is 0.333 e. The minimum absolute atomic E-state index is 0.0745. The number of aliphatic carboxylic acids is 1. The molecule has 0 aromatic carbocycles. The third-order valence-corrected chi connectivity index (χ3v) is 4.21. The van der Waals surface area contributed by atoms with Gasteiger partial charge in [-0.15, -0.1) is 4.98 Å². The number of anilines is 1.